The lowest BCUT2D eigenvalue weighted by atomic mass is 9.93. The van der Waals surface area contributed by atoms with Crippen molar-refractivity contribution in [2.75, 3.05) is 0 Å². The van der Waals surface area contributed by atoms with E-state index in [9.17, 15) is 0 Å². The molecule has 2 heteroatoms. The van der Waals surface area contributed by atoms with Gasteiger partial charge in [-0.15, -0.1) is 0 Å². The summed E-state index contributed by atoms with van der Waals surface area (Å²) < 4.78 is 0. The number of aryl methyl sites for hydroxylation is 1. The fourth-order valence-corrected chi connectivity index (χ4v) is 4.64. The molecule has 0 aliphatic heterocycles. The van der Waals surface area contributed by atoms with E-state index in [-0.39, 0.29) is 0 Å². The molecule has 0 radical (unpaired) electrons. The molecule has 0 aliphatic carbocycles. The maximum absolute atomic E-state index is 4.96. The molecule has 6 aromatic rings. The molecular formula is C33H24N2. The van der Waals surface area contributed by atoms with E-state index in [0.717, 1.165) is 33.9 Å². The van der Waals surface area contributed by atoms with Gasteiger partial charge >= 0.3 is 0 Å². The van der Waals surface area contributed by atoms with Crippen molar-refractivity contribution in [1.29, 1.82) is 0 Å². The fraction of sp³-hybridized carbons (Fsp3) is 0.0303. The first kappa shape index (κ1) is 21.0. The highest BCUT2D eigenvalue weighted by atomic mass is 14.9. The minimum absolute atomic E-state index is 0.728. The first-order chi connectivity index (χ1) is 17.3. The molecule has 1 heterocycles. The van der Waals surface area contributed by atoms with Gasteiger partial charge in [-0.2, -0.15) is 0 Å². The van der Waals surface area contributed by atoms with Gasteiger partial charge in [0.1, 0.15) is 0 Å². The molecule has 0 spiro atoms. The van der Waals surface area contributed by atoms with E-state index in [1.807, 2.05) is 36.4 Å². The van der Waals surface area contributed by atoms with Crippen LogP contribution in [0.25, 0.3) is 55.8 Å². The molecule has 0 aliphatic rings. The van der Waals surface area contributed by atoms with Gasteiger partial charge in [0.2, 0.25) is 0 Å². The molecule has 0 N–H and O–H groups in total. The summed E-state index contributed by atoms with van der Waals surface area (Å²) in [7, 11) is 0. The van der Waals surface area contributed by atoms with Gasteiger partial charge in [0, 0.05) is 16.7 Å². The van der Waals surface area contributed by atoms with Crippen molar-refractivity contribution in [3.8, 4) is 45.0 Å². The Morgan fingerprint density at radius 2 is 1.00 bits per heavy atom. The highest BCUT2D eigenvalue weighted by Crippen LogP contribution is 2.34. The molecule has 0 unspecified atom stereocenters. The van der Waals surface area contributed by atoms with Crippen molar-refractivity contribution >= 4 is 10.8 Å². The second-order valence-corrected chi connectivity index (χ2v) is 8.75. The van der Waals surface area contributed by atoms with E-state index < -0.39 is 0 Å². The molecule has 5 aromatic carbocycles. The van der Waals surface area contributed by atoms with Crippen LogP contribution in [-0.4, -0.2) is 9.97 Å². The molecule has 2 nitrogen and oxygen atoms in total. The Morgan fingerprint density at radius 1 is 0.457 bits per heavy atom. The number of fused-ring (bicyclic) bond motifs is 1. The van der Waals surface area contributed by atoms with Gasteiger partial charge in [0.25, 0.3) is 0 Å². The Balaban J connectivity index is 1.47. The molecule has 166 valence electrons. The van der Waals surface area contributed by atoms with Gasteiger partial charge in [-0.05, 0) is 40.5 Å². The average Bonchev–Trinajstić information content (AvgIpc) is 2.94. The van der Waals surface area contributed by atoms with Crippen molar-refractivity contribution in [1.82, 2.24) is 9.97 Å². The third kappa shape index (κ3) is 4.11. The second kappa shape index (κ2) is 9.00. The van der Waals surface area contributed by atoms with Gasteiger partial charge in [0.05, 0.1) is 11.4 Å². The molecule has 0 fully saturated rings. The predicted molar refractivity (Wildman–Crippen MR) is 146 cm³/mol. The molecule has 1 aromatic heterocycles. The Kier molecular flexibility index (Phi) is 5.40. The largest absolute Gasteiger partial charge is 0.228 e. The summed E-state index contributed by atoms with van der Waals surface area (Å²) >= 11 is 0. The average molecular weight is 449 g/mol. The van der Waals surface area contributed by atoms with Crippen LogP contribution in [0.5, 0.6) is 0 Å². The predicted octanol–water partition coefficient (Wildman–Crippen LogP) is 8.61. The SMILES string of the molecule is Cc1ccc2ccccc2c1-c1ccc(-c2nc(-c3ccccc3)cc(-c3ccccc3)n2)cc1. The molecule has 6 rings (SSSR count). The maximum atomic E-state index is 4.96. The van der Waals surface area contributed by atoms with Gasteiger partial charge in [-0.1, -0.05) is 121 Å². The zero-order chi connectivity index (χ0) is 23.6. The lowest BCUT2D eigenvalue weighted by molar-refractivity contribution is 1.18. The molecule has 0 amide bonds. The smallest absolute Gasteiger partial charge is 0.160 e. The molecule has 0 bridgehead atoms. The summed E-state index contributed by atoms with van der Waals surface area (Å²) in [6, 6.07) is 44.2. The van der Waals surface area contributed by atoms with Gasteiger partial charge in [-0.3, -0.25) is 0 Å². The number of hydrogen-bond donors (Lipinski definition) is 0. The zero-order valence-corrected chi connectivity index (χ0v) is 19.5. The van der Waals surface area contributed by atoms with Crippen LogP contribution >= 0.6 is 0 Å². The third-order valence-corrected chi connectivity index (χ3v) is 6.43. The van der Waals surface area contributed by atoms with Crippen LogP contribution in [0.3, 0.4) is 0 Å². The first-order valence-corrected chi connectivity index (χ1v) is 11.9. The van der Waals surface area contributed by atoms with Crippen LogP contribution in [-0.2, 0) is 0 Å². The van der Waals surface area contributed by atoms with Gasteiger partial charge < -0.3 is 0 Å². The van der Waals surface area contributed by atoms with Gasteiger partial charge in [-0.25, -0.2) is 9.97 Å². The molecule has 0 atom stereocenters. The minimum Gasteiger partial charge on any atom is -0.228 e. The van der Waals surface area contributed by atoms with Crippen LogP contribution in [0, 0.1) is 6.92 Å². The number of benzene rings is 5. The van der Waals surface area contributed by atoms with E-state index in [1.165, 1.54) is 27.5 Å². The van der Waals surface area contributed by atoms with Crippen LogP contribution < -0.4 is 0 Å². The summed E-state index contributed by atoms with van der Waals surface area (Å²) in [5.74, 6) is 0.728. The summed E-state index contributed by atoms with van der Waals surface area (Å²) in [5.41, 5.74) is 8.75. The van der Waals surface area contributed by atoms with Crippen molar-refractivity contribution < 1.29 is 0 Å². The second-order valence-electron chi connectivity index (χ2n) is 8.75. The van der Waals surface area contributed by atoms with E-state index in [2.05, 4.69) is 97.9 Å². The maximum Gasteiger partial charge on any atom is 0.160 e. The Bertz CT molecular complexity index is 1560. The van der Waals surface area contributed by atoms with Crippen LogP contribution in [0.4, 0.5) is 0 Å². The lowest BCUT2D eigenvalue weighted by Gasteiger charge is -2.12. The number of aromatic nitrogens is 2. The highest BCUT2D eigenvalue weighted by molar-refractivity contribution is 5.98. The number of nitrogens with zero attached hydrogens (tertiary/aromatic N) is 2. The molecule has 0 saturated carbocycles. The lowest BCUT2D eigenvalue weighted by Crippen LogP contribution is -1.96. The third-order valence-electron chi connectivity index (χ3n) is 6.43. The van der Waals surface area contributed by atoms with Crippen molar-refractivity contribution in [3.63, 3.8) is 0 Å². The normalized spacial score (nSPS) is 11.0. The molecule has 0 saturated heterocycles. The van der Waals surface area contributed by atoms with Gasteiger partial charge in [0.15, 0.2) is 5.82 Å². The van der Waals surface area contributed by atoms with Crippen molar-refractivity contribution in [3.05, 3.63) is 133 Å². The van der Waals surface area contributed by atoms with E-state index in [1.54, 1.807) is 0 Å². The monoisotopic (exact) mass is 448 g/mol. The van der Waals surface area contributed by atoms with E-state index in [4.69, 9.17) is 9.97 Å². The first-order valence-electron chi connectivity index (χ1n) is 11.9. The van der Waals surface area contributed by atoms with Crippen LogP contribution in [0.2, 0.25) is 0 Å². The van der Waals surface area contributed by atoms with Crippen LogP contribution in [0.1, 0.15) is 5.56 Å². The van der Waals surface area contributed by atoms with Crippen molar-refractivity contribution in [2.45, 2.75) is 6.92 Å². The highest BCUT2D eigenvalue weighted by Gasteiger charge is 2.12. The van der Waals surface area contributed by atoms with E-state index >= 15 is 0 Å². The summed E-state index contributed by atoms with van der Waals surface area (Å²) in [6.45, 7) is 2.17. The van der Waals surface area contributed by atoms with Crippen molar-refractivity contribution in [2.24, 2.45) is 0 Å². The Hall–Kier alpha value is -4.56. The number of rotatable bonds is 4. The van der Waals surface area contributed by atoms with Crippen LogP contribution in [0.15, 0.2) is 127 Å². The Morgan fingerprint density at radius 3 is 1.63 bits per heavy atom. The molecule has 35 heavy (non-hydrogen) atoms. The summed E-state index contributed by atoms with van der Waals surface area (Å²) in [5, 5.41) is 2.53. The quantitative estimate of drug-likeness (QED) is 0.270. The topological polar surface area (TPSA) is 25.8 Å². The molecular weight excluding hydrogens is 424 g/mol. The standard InChI is InChI=1S/C33H24N2/c1-23-16-17-24-10-8-9-15-29(24)32(23)27-18-20-28(21-19-27)33-34-30(25-11-4-2-5-12-25)22-31(35-33)26-13-6-3-7-14-26/h2-22H,1H3. The Labute approximate surface area is 205 Å². The minimum atomic E-state index is 0.728. The zero-order valence-electron chi connectivity index (χ0n) is 19.5. The summed E-state index contributed by atoms with van der Waals surface area (Å²) in [4.78, 5) is 9.92. The summed E-state index contributed by atoms with van der Waals surface area (Å²) in [6.07, 6.45) is 0. The van der Waals surface area contributed by atoms with E-state index in [0.29, 0.717) is 0 Å². The number of hydrogen-bond acceptors (Lipinski definition) is 2. The fourth-order valence-electron chi connectivity index (χ4n) is 4.64.